The highest BCUT2D eigenvalue weighted by Crippen LogP contribution is 2.17. The van der Waals surface area contributed by atoms with Crippen LogP contribution in [0.2, 0.25) is 0 Å². The Kier molecular flexibility index (Phi) is 4.45. The van der Waals surface area contributed by atoms with Crippen LogP contribution in [0.5, 0.6) is 0 Å². The zero-order chi connectivity index (χ0) is 13.9. The maximum absolute atomic E-state index is 13.5. The fourth-order valence-electron chi connectivity index (χ4n) is 1.47. The highest BCUT2D eigenvalue weighted by atomic mass is 79.9. The predicted molar refractivity (Wildman–Crippen MR) is 67.9 cm³/mol. The molecule has 0 atom stereocenters. The molecule has 6 heteroatoms. The second-order valence-corrected chi connectivity index (χ2v) is 5.45. The number of carboxylic acid groups (broad SMARTS) is 1. The molecule has 0 radical (unpaired) electrons. The van der Waals surface area contributed by atoms with Crippen molar-refractivity contribution in [2.45, 2.75) is 25.8 Å². The molecule has 2 N–H and O–H groups in total. The van der Waals surface area contributed by atoms with Crippen LogP contribution in [-0.2, 0) is 4.79 Å². The average Bonchev–Trinajstić information content (AvgIpc) is 2.18. The van der Waals surface area contributed by atoms with E-state index in [2.05, 4.69) is 21.2 Å². The lowest BCUT2D eigenvalue weighted by atomic mass is 10.00. The number of carboxylic acids is 1. The number of rotatable bonds is 4. The minimum absolute atomic E-state index is 0.122. The van der Waals surface area contributed by atoms with Gasteiger partial charge in [0.2, 0.25) is 0 Å². The summed E-state index contributed by atoms with van der Waals surface area (Å²) in [5.41, 5.74) is -1.07. The fraction of sp³-hybridized carbons (Fsp3) is 0.333. The third-order valence-electron chi connectivity index (χ3n) is 2.22. The van der Waals surface area contributed by atoms with E-state index in [1.807, 2.05) is 0 Å². The normalized spacial score (nSPS) is 11.1. The molecule has 1 amide bonds. The third-order valence-corrected chi connectivity index (χ3v) is 2.71. The Hall–Kier alpha value is -1.43. The van der Waals surface area contributed by atoms with E-state index in [1.165, 1.54) is 18.2 Å². The number of halogens is 2. The summed E-state index contributed by atoms with van der Waals surface area (Å²) in [5.74, 6) is -2.32. The van der Waals surface area contributed by atoms with E-state index in [0.29, 0.717) is 4.47 Å². The van der Waals surface area contributed by atoms with Gasteiger partial charge in [-0.3, -0.25) is 9.59 Å². The summed E-state index contributed by atoms with van der Waals surface area (Å²) < 4.78 is 14.0. The van der Waals surface area contributed by atoms with Crippen LogP contribution in [0.25, 0.3) is 0 Å². The van der Waals surface area contributed by atoms with Crippen molar-refractivity contribution in [3.8, 4) is 0 Å². The van der Waals surface area contributed by atoms with E-state index in [9.17, 15) is 14.0 Å². The molecule has 0 bridgehead atoms. The maximum atomic E-state index is 13.5. The zero-order valence-corrected chi connectivity index (χ0v) is 11.5. The first-order chi connectivity index (χ1) is 8.21. The molecule has 4 nitrogen and oxygen atoms in total. The van der Waals surface area contributed by atoms with Crippen molar-refractivity contribution >= 4 is 27.8 Å². The minimum atomic E-state index is -1.03. The highest BCUT2D eigenvalue weighted by Gasteiger charge is 2.25. The van der Waals surface area contributed by atoms with E-state index in [1.54, 1.807) is 13.8 Å². The molecule has 0 saturated carbocycles. The molecule has 0 aliphatic rings. The van der Waals surface area contributed by atoms with Crippen LogP contribution in [0.15, 0.2) is 22.7 Å². The molecular formula is C12H13BrFNO3. The molecule has 0 saturated heterocycles. The lowest BCUT2D eigenvalue weighted by Crippen LogP contribution is -2.45. The molecule has 0 unspecified atom stereocenters. The van der Waals surface area contributed by atoms with Crippen molar-refractivity contribution < 1.29 is 19.1 Å². The molecule has 98 valence electrons. The Labute approximate surface area is 112 Å². The van der Waals surface area contributed by atoms with Crippen molar-refractivity contribution in [1.82, 2.24) is 5.32 Å². The van der Waals surface area contributed by atoms with Gasteiger partial charge in [-0.15, -0.1) is 0 Å². The third kappa shape index (κ3) is 4.10. The number of nitrogens with one attached hydrogen (secondary N) is 1. The van der Waals surface area contributed by atoms with Crippen molar-refractivity contribution in [2.75, 3.05) is 0 Å². The number of amides is 1. The van der Waals surface area contributed by atoms with Gasteiger partial charge in [-0.25, -0.2) is 4.39 Å². The molecule has 0 aliphatic carbocycles. The Bertz CT molecular complexity index is 488. The maximum Gasteiger partial charge on any atom is 0.305 e. The summed E-state index contributed by atoms with van der Waals surface area (Å²) in [5, 5.41) is 11.2. The van der Waals surface area contributed by atoms with Crippen molar-refractivity contribution in [3.05, 3.63) is 34.1 Å². The van der Waals surface area contributed by atoms with Crippen LogP contribution in [0.4, 0.5) is 4.39 Å². The molecule has 18 heavy (non-hydrogen) atoms. The monoisotopic (exact) mass is 317 g/mol. The first-order valence-electron chi connectivity index (χ1n) is 5.20. The lowest BCUT2D eigenvalue weighted by molar-refractivity contribution is -0.138. The van der Waals surface area contributed by atoms with Crippen molar-refractivity contribution in [3.63, 3.8) is 0 Å². The predicted octanol–water partition coefficient (Wildman–Crippen LogP) is 2.57. The Balaban J connectivity index is 2.88. The number of hydrogen-bond donors (Lipinski definition) is 2. The topological polar surface area (TPSA) is 66.4 Å². The van der Waals surface area contributed by atoms with Crippen LogP contribution in [0.3, 0.4) is 0 Å². The Morgan fingerprint density at radius 2 is 2.06 bits per heavy atom. The number of hydrogen-bond acceptors (Lipinski definition) is 2. The summed E-state index contributed by atoms with van der Waals surface area (Å²) in [6.07, 6.45) is -0.242. The van der Waals surface area contributed by atoms with Gasteiger partial charge in [0, 0.05) is 10.0 Å². The molecule has 0 fully saturated rings. The molecular weight excluding hydrogens is 305 g/mol. The van der Waals surface area contributed by atoms with E-state index < -0.39 is 23.2 Å². The number of benzene rings is 1. The van der Waals surface area contributed by atoms with Gasteiger partial charge >= 0.3 is 5.97 Å². The van der Waals surface area contributed by atoms with E-state index in [0.717, 1.165) is 0 Å². The van der Waals surface area contributed by atoms with Gasteiger partial charge in [0.1, 0.15) is 5.82 Å². The number of carbonyl (C=O) groups is 2. The van der Waals surface area contributed by atoms with Gasteiger partial charge in [-0.05, 0) is 32.0 Å². The molecule has 1 rings (SSSR count). The van der Waals surface area contributed by atoms with Gasteiger partial charge in [0.25, 0.3) is 5.91 Å². The Morgan fingerprint density at radius 1 is 1.44 bits per heavy atom. The fourth-order valence-corrected chi connectivity index (χ4v) is 1.83. The van der Waals surface area contributed by atoms with Crippen molar-refractivity contribution in [2.24, 2.45) is 0 Å². The van der Waals surface area contributed by atoms with Gasteiger partial charge in [-0.1, -0.05) is 15.9 Å². The van der Waals surface area contributed by atoms with Crippen LogP contribution in [0, 0.1) is 5.82 Å². The smallest absolute Gasteiger partial charge is 0.305 e. The van der Waals surface area contributed by atoms with Crippen LogP contribution in [0.1, 0.15) is 30.6 Å². The SMILES string of the molecule is CC(C)(CC(=O)O)NC(=O)c1cc(Br)ccc1F. The number of aliphatic carboxylic acids is 1. The largest absolute Gasteiger partial charge is 0.481 e. The van der Waals surface area contributed by atoms with Gasteiger partial charge in [0.05, 0.1) is 12.0 Å². The first kappa shape index (κ1) is 14.6. The summed E-state index contributed by atoms with van der Waals surface area (Å²) in [7, 11) is 0. The van der Waals surface area contributed by atoms with E-state index >= 15 is 0 Å². The summed E-state index contributed by atoms with van der Waals surface area (Å²) >= 11 is 3.14. The molecule has 0 spiro atoms. The standard InChI is InChI=1S/C12H13BrFNO3/c1-12(2,6-10(16)17)15-11(18)8-5-7(13)3-4-9(8)14/h3-5H,6H2,1-2H3,(H,15,18)(H,16,17). The highest BCUT2D eigenvalue weighted by molar-refractivity contribution is 9.10. The minimum Gasteiger partial charge on any atom is -0.481 e. The van der Waals surface area contributed by atoms with E-state index in [-0.39, 0.29) is 12.0 Å². The molecule has 1 aromatic carbocycles. The molecule has 0 aromatic heterocycles. The lowest BCUT2D eigenvalue weighted by Gasteiger charge is -2.24. The summed E-state index contributed by atoms with van der Waals surface area (Å²) in [6.45, 7) is 3.13. The van der Waals surface area contributed by atoms with Gasteiger partial charge < -0.3 is 10.4 Å². The quantitative estimate of drug-likeness (QED) is 0.897. The summed E-state index contributed by atoms with van der Waals surface area (Å²) in [4.78, 5) is 22.5. The van der Waals surface area contributed by atoms with Crippen LogP contribution < -0.4 is 5.32 Å². The molecule has 0 heterocycles. The average molecular weight is 318 g/mol. The van der Waals surface area contributed by atoms with E-state index in [4.69, 9.17) is 5.11 Å². The zero-order valence-electron chi connectivity index (χ0n) is 9.96. The van der Waals surface area contributed by atoms with Crippen molar-refractivity contribution in [1.29, 1.82) is 0 Å². The second-order valence-electron chi connectivity index (χ2n) is 4.53. The van der Waals surface area contributed by atoms with Crippen LogP contribution in [-0.4, -0.2) is 22.5 Å². The number of carbonyl (C=O) groups excluding carboxylic acids is 1. The van der Waals surface area contributed by atoms with Gasteiger partial charge in [0.15, 0.2) is 0 Å². The van der Waals surface area contributed by atoms with Gasteiger partial charge in [-0.2, -0.15) is 0 Å². The van der Waals surface area contributed by atoms with Crippen LogP contribution >= 0.6 is 15.9 Å². The first-order valence-corrected chi connectivity index (χ1v) is 6.00. The molecule has 0 aliphatic heterocycles. The Morgan fingerprint density at radius 3 is 2.61 bits per heavy atom. The second kappa shape index (κ2) is 5.48. The molecule has 1 aromatic rings. The summed E-state index contributed by atoms with van der Waals surface area (Å²) in [6, 6.07) is 4.00.